The molecule has 0 saturated carbocycles. The van der Waals surface area contributed by atoms with Crippen molar-refractivity contribution in [2.24, 2.45) is 3.73 Å². The molecule has 0 N–H and O–H groups in total. The molecule has 0 amide bonds. The maximum absolute atomic E-state index is 5.89. The van der Waals surface area contributed by atoms with E-state index in [0.29, 0.717) is 0 Å². The van der Waals surface area contributed by atoms with Gasteiger partial charge in [-0.05, 0) is 0 Å². The van der Waals surface area contributed by atoms with E-state index in [9.17, 15) is 0 Å². The van der Waals surface area contributed by atoms with Gasteiger partial charge in [-0.3, -0.25) is 0 Å². The van der Waals surface area contributed by atoms with Crippen molar-refractivity contribution in [2.45, 2.75) is 0 Å². The number of nitrogens with zero attached hydrogens (tertiary/aromatic N) is 2. The molecule has 0 heterocycles. The van der Waals surface area contributed by atoms with Gasteiger partial charge in [-0.2, -0.15) is 0 Å². The van der Waals surface area contributed by atoms with Gasteiger partial charge in [-0.25, -0.2) is 0 Å². The first-order valence-electron chi connectivity index (χ1n) is 0.730. The van der Waals surface area contributed by atoms with Crippen LogP contribution in [-0.4, -0.2) is 0 Å². The molecule has 0 spiro atoms. The summed E-state index contributed by atoms with van der Waals surface area (Å²) in [4.78, 5) is 3.68. The SMILES string of the molecule is [C-]#[N+]O[N]=[Pd]. The van der Waals surface area contributed by atoms with E-state index in [1.54, 1.807) is 0 Å². The van der Waals surface area contributed by atoms with Gasteiger partial charge in [0.2, 0.25) is 0 Å². The summed E-state index contributed by atoms with van der Waals surface area (Å²) in [6.45, 7) is 5.89. The first-order chi connectivity index (χ1) is 2.41. The Kier molecular flexibility index (Phi) is 3.57. The maximum atomic E-state index is 5.89. The molecule has 4 heteroatoms. The monoisotopic (exact) mass is 162 g/mol. The summed E-state index contributed by atoms with van der Waals surface area (Å²) < 4.78 is 2.85. The normalized spacial score (nSPS) is 5.00. The summed E-state index contributed by atoms with van der Waals surface area (Å²) in [5, 5.41) is 2.40. The van der Waals surface area contributed by atoms with Crippen molar-refractivity contribution < 1.29 is 24.0 Å². The van der Waals surface area contributed by atoms with E-state index in [1.165, 1.54) is 0 Å². The Labute approximate surface area is 39.9 Å². The van der Waals surface area contributed by atoms with Crippen molar-refractivity contribution in [3.8, 4) is 0 Å². The summed E-state index contributed by atoms with van der Waals surface area (Å²) in [6, 6.07) is 0. The Bertz CT molecular complexity index is 64.5. The standard InChI is InChI=1S/CN2O.Pd/c1-3-4-2;. The minimum absolute atomic E-state index is 2.28. The Hall–Kier alpha value is -0.248. The average molecular weight is 162 g/mol. The zero-order chi connectivity index (χ0) is 4.12. The van der Waals surface area contributed by atoms with E-state index in [2.05, 4.69) is 32.7 Å². The predicted molar refractivity (Wildman–Crippen MR) is 10.1 cm³/mol. The van der Waals surface area contributed by atoms with Gasteiger partial charge >= 0.3 is 39.3 Å². The number of rotatable bonds is 1. The summed E-state index contributed by atoms with van der Waals surface area (Å²) >= 11 is 2.28. The first-order valence-corrected chi connectivity index (χ1v) is 1.43. The summed E-state index contributed by atoms with van der Waals surface area (Å²) in [6.07, 6.45) is 0. The molecular formula is CN2OPd. The van der Waals surface area contributed by atoms with E-state index >= 15 is 0 Å². The van der Waals surface area contributed by atoms with Crippen LogP contribution in [0.1, 0.15) is 0 Å². The van der Waals surface area contributed by atoms with Crippen LogP contribution >= 0.6 is 0 Å². The van der Waals surface area contributed by atoms with E-state index in [1.807, 2.05) is 0 Å². The molecule has 0 saturated heterocycles. The molecule has 0 aromatic rings. The molecule has 0 aliphatic carbocycles. The molecule has 0 aromatic heterocycles. The molecule has 0 fully saturated rings. The van der Waals surface area contributed by atoms with Crippen LogP contribution < -0.4 is 0 Å². The third kappa shape index (κ3) is 3.75. The Morgan fingerprint density at radius 2 is 2.60 bits per heavy atom. The molecule has 0 rings (SSSR count). The second-order valence-corrected chi connectivity index (χ2v) is 0.515. The van der Waals surface area contributed by atoms with Crippen molar-refractivity contribution in [2.75, 3.05) is 0 Å². The van der Waals surface area contributed by atoms with Crippen LogP contribution in [0.2, 0.25) is 0 Å². The molecule has 0 aliphatic heterocycles. The van der Waals surface area contributed by atoms with E-state index in [0.717, 1.165) is 0 Å². The average Bonchev–Trinajstić information content (AvgIpc) is 1.41. The summed E-state index contributed by atoms with van der Waals surface area (Å²) in [5.41, 5.74) is 0. The fourth-order valence-electron chi connectivity index (χ4n) is 0.0129. The number of hydrogen-bond acceptors (Lipinski definition) is 2. The van der Waals surface area contributed by atoms with E-state index in [4.69, 9.17) is 6.57 Å². The van der Waals surface area contributed by atoms with Crippen molar-refractivity contribution in [3.05, 3.63) is 11.6 Å². The van der Waals surface area contributed by atoms with Crippen LogP contribution in [-0.2, 0) is 24.0 Å². The number of hydrogen-bond donors (Lipinski definition) is 0. The molecule has 30 valence electrons. The van der Waals surface area contributed by atoms with Gasteiger partial charge in [-0.1, -0.05) is 0 Å². The predicted octanol–water partition coefficient (Wildman–Crippen LogP) is 0.483. The van der Waals surface area contributed by atoms with Gasteiger partial charge in [0.1, 0.15) is 0 Å². The Morgan fingerprint density at radius 1 is 2.00 bits per heavy atom. The van der Waals surface area contributed by atoms with E-state index in [-0.39, 0.29) is 0 Å². The van der Waals surface area contributed by atoms with Gasteiger partial charge in [0, 0.05) is 0 Å². The first kappa shape index (κ1) is 4.75. The molecule has 0 atom stereocenters. The Morgan fingerprint density at radius 3 is 2.60 bits per heavy atom. The summed E-state index contributed by atoms with van der Waals surface area (Å²) in [7, 11) is 0. The van der Waals surface area contributed by atoms with Crippen molar-refractivity contribution in [1.29, 1.82) is 0 Å². The molecular weight excluding hydrogens is 162 g/mol. The topological polar surface area (TPSA) is 25.9 Å². The van der Waals surface area contributed by atoms with Gasteiger partial charge < -0.3 is 0 Å². The second kappa shape index (κ2) is 3.75. The molecule has 0 unspecified atom stereocenters. The third-order valence-corrected chi connectivity index (χ3v) is 0.194. The minimum atomic E-state index is 2.28. The summed E-state index contributed by atoms with van der Waals surface area (Å²) in [5.74, 6) is 0. The van der Waals surface area contributed by atoms with Crippen molar-refractivity contribution in [1.82, 2.24) is 0 Å². The van der Waals surface area contributed by atoms with Gasteiger partial charge in [0.05, 0.1) is 0 Å². The third-order valence-electron chi connectivity index (χ3n) is 0.0666. The van der Waals surface area contributed by atoms with Gasteiger partial charge in [0.15, 0.2) is 0 Å². The van der Waals surface area contributed by atoms with Crippen molar-refractivity contribution in [3.63, 3.8) is 0 Å². The van der Waals surface area contributed by atoms with Gasteiger partial charge in [0.25, 0.3) is 0 Å². The van der Waals surface area contributed by atoms with Crippen LogP contribution in [0.15, 0.2) is 3.73 Å². The van der Waals surface area contributed by atoms with Crippen LogP contribution in [0.3, 0.4) is 0 Å². The molecule has 0 aromatic carbocycles. The fraction of sp³-hybridized carbons (Fsp3) is 0. The quantitative estimate of drug-likeness (QED) is 0.313. The zero-order valence-electron chi connectivity index (χ0n) is 2.12. The van der Waals surface area contributed by atoms with Crippen LogP contribution in [0.4, 0.5) is 0 Å². The van der Waals surface area contributed by atoms with Gasteiger partial charge in [-0.15, -0.1) is 0 Å². The van der Waals surface area contributed by atoms with Crippen LogP contribution in [0, 0.1) is 6.57 Å². The van der Waals surface area contributed by atoms with Crippen LogP contribution in [0.25, 0.3) is 5.01 Å². The molecule has 5 heavy (non-hydrogen) atoms. The Balaban J connectivity index is 2.75. The molecule has 3 nitrogen and oxygen atoms in total. The second-order valence-electron chi connectivity index (χ2n) is 0.231. The van der Waals surface area contributed by atoms with E-state index < -0.39 is 0 Å². The zero-order valence-corrected chi connectivity index (χ0v) is 3.67. The van der Waals surface area contributed by atoms with Crippen LogP contribution in [0.5, 0.6) is 0 Å². The molecule has 0 aliphatic rings. The molecule has 0 radical (unpaired) electrons. The van der Waals surface area contributed by atoms with Crippen molar-refractivity contribution >= 4 is 0 Å². The fourth-order valence-corrected chi connectivity index (χ4v) is 0.0764. The molecule has 0 bridgehead atoms.